The van der Waals surface area contributed by atoms with Gasteiger partial charge >= 0.3 is 5.97 Å². The molecule has 0 unspecified atom stereocenters. The van der Waals surface area contributed by atoms with Gasteiger partial charge in [-0.15, -0.1) is 0 Å². The van der Waals surface area contributed by atoms with E-state index in [1.807, 2.05) is 12.1 Å². The highest BCUT2D eigenvalue weighted by Gasteiger charge is 2.23. The molecule has 0 radical (unpaired) electrons. The Morgan fingerprint density at radius 1 is 0.964 bits per heavy atom. The molecule has 28 heavy (non-hydrogen) atoms. The van der Waals surface area contributed by atoms with Gasteiger partial charge in [-0.1, -0.05) is 59.7 Å². The summed E-state index contributed by atoms with van der Waals surface area (Å²) in [5.41, 5.74) is 2.67. The van der Waals surface area contributed by atoms with E-state index < -0.39 is 5.97 Å². The Morgan fingerprint density at radius 3 is 2.21 bits per heavy atom. The van der Waals surface area contributed by atoms with Crippen molar-refractivity contribution in [3.63, 3.8) is 0 Å². The molecule has 0 atom stereocenters. The lowest BCUT2D eigenvalue weighted by molar-refractivity contribution is -0.118. The number of benzene rings is 2. The molecule has 0 aliphatic heterocycles. The number of ether oxygens (including phenoxy) is 1. The zero-order chi connectivity index (χ0) is 21.1. The Morgan fingerprint density at radius 2 is 1.64 bits per heavy atom. The maximum atomic E-state index is 12.3. The topological polar surface area (TPSA) is 75.6 Å². The third kappa shape index (κ3) is 5.59. The molecule has 0 fully saturated rings. The van der Waals surface area contributed by atoms with Crippen molar-refractivity contribution in [3.05, 3.63) is 59.2 Å². The van der Waals surface area contributed by atoms with Crippen LogP contribution in [-0.2, 0) is 15.6 Å². The lowest BCUT2D eigenvalue weighted by Gasteiger charge is -2.27. The number of carbonyl (C=O) groups excluding carboxylic acids is 1. The molecule has 2 aromatic rings. The van der Waals surface area contributed by atoms with Crippen LogP contribution in [0.3, 0.4) is 0 Å². The van der Waals surface area contributed by atoms with E-state index in [0.29, 0.717) is 11.4 Å². The van der Waals surface area contributed by atoms with Gasteiger partial charge in [0.2, 0.25) is 0 Å². The van der Waals surface area contributed by atoms with Crippen molar-refractivity contribution >= 4 is 17.6 Å². The van der Waals surface area contributed by atoms with Crippen LogP contribution in [0, 0.1) is 0 Å². The standard InChI is InChI=1S/C23H29NO4/c1-22(2,3)16-10-11-19(18(13-16)23(4,5)6)28-14-20(25)24-17-9-7-8-15(12-17)21(26)27/h7-13H,14H2,1-6H3,(H,24,25)(H,26,27). The van der Waals surface area contributed by atoms with Crippen LogP contribution < -0.4 is 10.1 Å². The summed E-state index contributed by atoms with van der Waals surface area (Å²) in [7, 11) is 0. The number of hydrogen-bond donors (Lipinski definition) is 2. The van der Waals surface area contributed by atoms with E-state index in [0.717, 1.165) is 5.56 Å². The van der Waals surface area contributed by atoms with Crippen molar-refractivity contribution in [2.45, 2.75) is 52.4 Å². The van der Waals surface area contributed by atoms with Crippen LogP contribution in [0.15, 0.2) is 42.5 Å². The first-order chi connectivity index (χ1) is 12.9. The highest BCUT2D eigenvalue weighted by atomic mass is 16.5. The number of carboxylic acids is 1. The fourth-order valence-corrected chi connectivity index (χ4v) is 2.78. The molecule has 0 heterocycles. The number of anilines is 1. The van der Waals surface area contributed by atoms with Gasteiger partial charge < -0.3 is 15.2 Å². The third-order valence-corrected chi connectivity index (χ3v) is 4.41. The van der Waals surface area contributed by atoms with Gasteiger partial charge in [-0.25, -0.2) is 4.79 Å². The lowest BCUT2D eigenvalue weighted by Crippen LogP contribution is -2.23. The fraction of sp³-hybridized carbons (Fsp3) is 0.391. The zero-order valence-corrected chi connectivity index (χ0v) is 17.4. The highest BCUT2D eigenvalue weighted by molar-refractivity contribution is 5.94. The maximum Gasteiger partial charge on any atom is 0.335 e. The second kappa shape index (κ2) is 8.05. The second-order valence-electron chi connectivity index (χ2n) is 8.93. The third-order valence-electron chi connectivity index (χ3n) is 4.41. The molecule has 0 aliphatic carbocycles. The van der Waals surface area contributed by atoms with Gasteiger partial charge in [0.25, 0.3) is 5.91 Å². The summed E-state index contributed by atoms with van der Waals surface area (Å²) >= 11 is 0. The van der Waals surface area contributed by atoms with Gasteiger partial charge in [0.05, 0.1) is 5.56 Å². The van der Waals surface area contributed by atoms with E-state index in [1.165, 1.54) is 17.7 Å². The van der Waals surface area contributed by atoms with E-state index in [4.69, 9.17) is 9.84 Å². The minimum atomic E-state index is -1.04. The molecule has 1 amide bonds. The average molecular weight is 383 g/mol. The van der Waals surface area contributed by atoms with Crippen LogP contribution in [-0.4, -0.2) is 23.6 Å². The Balaban J connectivity index is 2.14. The molecule has 0 aliphatic rings. The van der Waals surface area contributed by atoms with Crippen molar-refractivity contribution in [3.8, 4) is 5.75 Å². The summed E-state index contributed by atoms with van der Waals surface area (Å²) < 4.78 is 5.81. The quantitative estimate of drug-likeness (QED) is 0.762. The number of carboxylic acid groups (broad SMARTS) is 1. The minimum absolute atomic E-state index is 0.0189. The smallest absolute Gasteiger partial charge is 0.335 e. The molecule has 0 aromatic heterocycles. The van der Waals surface area contributed by atoms with Crippen LogP contribution in [0.1, 0.15) is 63.0 Å². The van der Waals surface area contributed by atoms with Crippen LogP contribution in [0.2, 0.25) is 0 Å². The average Bonchev–Trinajstić information content (AvgIpc) is 2.58. The normalized spacial score (nSPS) is 11.8. The van der Waals surface area contributed by atoms with Crippen molar-refractivity contribution in [2.75, 3.05) is 11.9 Å². The van der Waals surface area contributed by atoms with Crippen LogP contribution in [0.25, 0.3) is 0 Å². The van der Waals surface area contributed by atoms with E-state index in [2.05, 4.69) is 52.9 Å². The summed E-state index contributed by atoms with van der Waals surface area (Å²) in [6, 6.07) is 12.2. The Kier molecular flexibility index (Phi) is 6.17. The first kappa shape index (κ1) is 21.5. The van der Waals surface area contributed by atoms with Gasteiger partial charge in [0.1, 0.15) is 5.75 Å². The van der Waals surface area contributed by atoms with Crippen LogP contribution in [0.4, 0.5) is 5.69 Å². The molecular weight excluding hydrogens is 354 g/mol. The van der Waals surface area contributed by atoms with E-state index >= 15 is 0 Å². The van der Waals surface area contributed by atoms with E-state index in [9.17, 15) is 9.59 Å². The summed E-state index contributed by atoms with van der Waals surface area (Å²) in [6.07, 6.45) is 0. The van der Waals surface area contributed by atoms with Crippen molar-refractivity contribution < 1.29 is 19.4 Å². The molecule has 150 valence electrons. The van der Waals surface area contributed by atoms with Crippen LogP contribution >= 0.6 is 0 Å². The van der Waals surface area contributed by atoms with E-state index in [1.54, 1.807) is 12.1 Å². The molecule has 5 heteroatoms. The molecule has 5 nitrogen and oxygen atoms in total. The summed E-state index contributed by atoms with van der Waals surface area (Å²) in [6.45, 7) is 12.7. The van der Waals surface area contributed by atoms with Crippen molar-refractivity contribution in [1.82, 2.24) is 0 Å². The zero-order valence-electron chi connectivity index (χ0n) is 17.4. The lowest BCUT2D eigenvalue weighted by atomic mass is 9.80. The summed E-state index contributed by atoms with van der Waals surface area (Å²) in [5, 5.41) is 11.7. The number of amides is 1. The first-order valence-electron chi connectivity index (χ1n) is 9.29. The number of hydrogen-bond acceptors (Lipinski definition) is 3. The summed E-state index contributed by atoms with van der Waals surface area (Å²) in [5.74, 6) is -0.710. The van der Waals surface area contributed by atoms with E-state index in [-0.39, 0.29) is 28.9 Å². The van der Waals surface area contributed by atoms with Crippen LogP contribution in [0.5, 0.6) is 5.75 Å². The van der Waals surface area contributed by atoms with Crippen molar-refractivity contribution in [2.24, 2.45) is 0 Å². The van der Waals surface area contributed by atoms with Gasteiger partial charge in [0.15, 0.2) is 6.61 Å². The van der Waals surface area contributed by atoms with Crippen molar-refractivity contribution in [1.29, 1.82) is 0 Å². The maximum absolute atomic E-state index is 12.3. The molecule has 2 rings (SSSR count). The van der Waals surface area contributed by atoms with Gasteiger partial charge in [-0.3, -0.25) is 4.79 Å². The highest BCUT2D eigenvalue weighted by Crippen LogP contribution is 2.35. The molecule has 2 aromatic carbocycles. The predicted octanol–water partition coefficient (Wildman–Crippen LogP) is 5.00. The molecule has 0 bridgehead atoms. The minimum Gasteiger partial charge on any atom is -0.483 e. The molecule has 0 spiro atoms. The number of nitrogens with one attached hydrogen (secondary N) is 1. The largest absolute Gasteiger partial charge is 0.483 e. The number of rotatable bonds is 5. The van der Waals surface area contributed by atoms with Gasteiger partial charge in [-0.2, -0.15) is 0 Å². The number of aromatic carboxylic acids is 1. The fourth-order valence-electron chi connectivity index (χ4n) is 2.78. The summed E-state index contributed by atoms with van der Waals surface area (Å²) in [4.78, 5) is 23.3. The van der Waals surface area contributed by atoms with Gasteiger partial charge in [0, 0.05) is 5.69 Å². The molecule has 0 saturated heterocycles. The Bertz CT molecular complexity index is 873. The second-order valence-corrected chi connectivity index (χ2v) is 8.93. The van der Waals surface area contributed by atoms with Gasteiger partial charge in [-0.05, 0) is 46.2 Å². The Labute approximate surface area is 166 Å². The predicted molar refractivity (Wildman–Crippen MR) is 111 cm³/mol. The number of carbonyl (C=O) groups is 2. The monoisotopic (exact) mass is 383 g/mol. The first-order valence-corrected chi connectivity index (χ1v) is 9.29. The SMILES string of the molecule is CC(C)(C)c1ccc(OCC(=O)Nc2cccc(C(=O)O)c2)c(C(C)(C)C)c1. The molecule has 2 N–H and O–H groups in total. The molecule has 0 saturated carbocycles. The Hall–Kier alpha value is -2.82. The molecular formula is C23H29NO4.